The van der Waals surface area contributed by atoms with Crippen molar-refractivity contribution >= 4 is 31.7 Å². The molecule has 0 radical (unpaired) electrons. The SMILES string of the molecule is c1cc(NCC2CC2)c2n[se]nc2c1. The summed E-state index contributed by atoms with van der Waals surface area (Å²) in [6.07, 6.45) is 2.76. The van der Waals surface area contributed by atoms with E-state index in [2.05, 4.69) is 25.4 Å². The van der Waals surface area contributed by atoms with Crippen LogP contribution in [0.4, 0.5) is 5.69 Å². The second kappa shape index (κ2) is 3.37. The Kier molecular flexibility index (Phi) is 2.03. The molecule has 0 atom stereocenters. The van der Waals surface area contributed by atoms with E-state index in [-0.39, 0.29) is 15.0 Å². The molecule has 1 heterocycles. The van der Waals surface area contributed by atoms with Crippen molar-refractivity contribution in [1.29, 1.82) is 0 Å². The standard InChI is InChI=1S/C10H11N3Se/c1-2-8(11-6-7-4-5-7)10-9(3-1)12-14-13-10/h1-3,7,11H,4-6H2. The van der Waals surface area contributed by atoms with E-state index >= 15 is 0 Å². The van der Waals surface area contributed by atoms with Gasteiger partial charge in [-0.05, 0) is 0 Å². The van der Waals surface area contributed by atoms with Crippen LogP contribution in [0.5, 0.6) is 0 Å². The summed E-state index contributed by atoms with van der Waals surface area (Å²) in [6, 6.07) is 6.19. The van der Waals surface area contributed by atoms with Gasteiger partial charge in [-0.15, -0.1) is 0 Å². The first-order chi connectivity index (χ1) is 6.93. The zero-order valence-corrected chi connectivity index (χ0v) is 9.45. The van der Waals surface area contributed by atoms with Crippen LogP contribution in [0.15, 0.2) is 18.2 Å². The normalized spacial score (nSPS) is 16.0. The van der Waals surface area contributed by atoms with Crippen LogP contribution in [0.1, 0.15) is 12.8 Å². The summed E-state index contributed by atoms with van der Waals surface area (Å²) in [5, 5.41) is 3.46. The number of benzene rings is 1. The monoisotopic (exact) mass is 253 g/mol. The van der Waals surface area contributed by atoms with E-state index in [1.807, 2.05) is 6.07 Å². The predicted octanol–water partition coefficient (Wildman–Crippen LogP) is 1.51. The first-order valence-corrected chi connectivity index (χ1v) is 6.42. The molecule has 1 fully saturated rings. The molecule has 2 aromatic rings. The van der Waals surface area contributed by atoms with E-state index in [1.54, 1.807) is 0 Å². The Morgan fingerprint density at radius 3 is 3.14 bits per heavy atom. The van der Waals surface area contributed by atoms with Crippen LogP contribution in [0.2, 0.25) is 0 Å². The van der Waals surface area contributed by atoms with Crippen LogP contribution in [-0.4, -0.2) is 29.5 Å². The van der Waals surface area contributed by atoms with Crippen molar-refractivity contribution < 1.29 is 0 Å². The van der Waals surface area contributed by atoms with Crippen molar-refractivity contribution in [3.8, 4) is 0 Å². The van der Waals surface area contributed by atoms with Crippen molar-refractivity contribution in [3.05, 3.63) is 18.2 Å². The number of fused-ring (bicyclic) bond motifs is 1. The number of hydrogen-bond acceptors (Lipinski definition) is 3. The summed E-state index contributed by atoms with van der Waals surface area (Å²) in [4.78, 5) is 0. The van der Waals surface area contributed by atoms with Crippen molar-refractivity contribution in [3.63, 3.8) is 0 Å². The average molecular weight is 252 g/mol. The zero-order valence-electron chi connectivity index (χ0n) is 7.73. The Morgan fingerprint density at radius 1 is 1.36 bits per heavy atom. The second-order valence-corrected chi connectivity index (χ2v) is 4.87. The molecule has 1 saturated carbocycles. The average Bonchev–Trinajstić information content (AvgIpc) is 2.91. The van der Waals surface area contributed by atoms with E-state index in [0.29, 0.717) is 0 Å². The fraction of sp³-hybridized carbons (Fsp3) is 0.400. The third kappa shape index (κ3) is 1.55. The van der Waals surface area contributed by atoms with Crippen molar-refractivity contribution in [2.75, 3.05) is 11.9 Å². The van der Waals surface area contributed by atoms with E-state index in [4.69, 9.17) is 0 Å². The fourth-order valence-electron chi connectivity index (χ4n) is 1.53. The van der Waals surface area contributed by atoms with Crippen LogP contribution < -0.4 is 5.32 Å². The summed E-state index contributed by atoms with van der Waals surface area (Å²) in [5.41, 5.74) is 3.30. The van der Waals surface area contributed by atoms with Crippen LogP contribution in [-0.2, 0) is 0 Å². The zero-order chi connectivity index (χ0) is 9.38. The van der Waals surface area contributed by atoms with Gasteiger partial charge in [0, 0.05) is 0 Å². The maximum absolute atomic E-state index is 4.43. The molecule has 72 valence electrons. The van der Waals surface area contributed by atoms with Gasteiger partial charge in [0.25, 0.3) is 0 Å². The molecule has 4 heteroatoms. The van der Waals surface area contributed by atoms with Gasteiger partial charge in [-0.3, -0.25) is 0 Å². The molecule has 0 amide bonds. The van der Waals surface area contributed by atoms with Gasteiger partial charge in [-0.2, -0.15) is 0 Å². The molecule has 1 aromatic heterocycles. The molecular weight excluding hydrogens is 241 g/mol. The van der Waals surface area contributed by atoms with E-state index in [0.717, 1.165) is 29.2 Å². The predicted molar refractivity (Wildman–Crippen MR) is 57.7 cm³/mol. The van der Waals surface area contributed by atoms with Gasteiger partial charge in [0.05, 0.1) is 0 Å². The fourth-order valence-corrected chi connectivity index (χ4v) is 2.68. The number of hydrogen-bond donors (Lipinski definition) is 1. The molecule has 0 bridgehead atoms. The number of nitrogens with zero attached hydrogens (tertiary/aromatic N) is 2. The van der Waals surface area contributed by atoms with E-state index in [9.17, 15) is 0 Å². The molecule has 1 aliphatic carbocycles. The Labute approximate surface area is 88.8 Å². The molecule has 3 nitrogen and oxygen atoms in total. The first kappa shape index (κ1) is 8.45. The Morgan fingerprint density at radius 2 is 2.29 bits per heavy atom. The third-order valence-corrected chi connectivity index (χ3v) is 3.70. The first-order valence-electron chi connectivity index (χ1n) is 4.88. The minimum absolute atomic E-state index is 0.0830. The van der Waals surface area contributed by atoms with Crippen molar-refractivity contribution in [2.45, 2.75) is 12.8 Å². The van der Waals surface area contributed by atoms with Crippen molar-refractivity contribution in [1.82, 2.24) is 7.96 Å². The molecular formula is C10H11N3Se. The Hall–Kier alpha value is -0.861. The summed E-state index contributed by atoms with van der Waals surface area (Å²) in [7, 11) is 0. The van der Waals surface area contributed by atoms with E-state index in [1.165, 1.54) is 12.8 Å². The minimum atomic E-state index is 0.0830. The molecule has 0 saturated heterocycles. The van der Waals surface area contributed by atoms with Crippen LogP contribution >= 0.6 is 0 Å². The molecule has 3 rings (SSSR count). The molecule has 0 aliphatic heterocycles. The number of aromatic nitrogens is 2. The van der Waals surface area contributed by atoms with Gasteiger partial charge in [0.2, 0.25) is 0 Å². The van der Waals surface area contributed by atoms with Gasteiger partial charge in [-0.25, -0.2) is 0 Å². The van der Waals surface area contributed by atoms with Gasteiger partial charge in [0.1, 0.15) is 0 Å². The Bertz CT molecular complexity index is 447. The second-order valence-electron chi connectivity index (χ2n) is 3.76. The van der Waals surface area contributed by atoms with Gasteiger partial charge in [-0.1, -0.05) is 0 Å². The van der Waals surface area contributed by atoms with Crippen LogP contribution in [0.25, 0.3) is 11.0 Å². The number of nitrogens with one attached hydrogen (secondary N) is 1. The topological polar surface area (TPSA) is 37.8 Å². The maximum atomic E-state index is 4.43. The molecule has 1 N–H and O–H groups in total. The third-order valence-electron chi connectivity index (χ3n) is 2.56. The summed E-state index contributed by atoms with van der Waals surface area (Å²) >= 11 is 0.0830. The Balaban J connectivity index is 1.89. The van der Waals surface area contributed by atoms with Gasteiger partial charge >= 0.3 is 88.5 Å². The number of rotatable bonds is 3. The quantitative estimate of drug-likeness (QED) is 0.841. The summed E-state index contributed by atoms with van der Waals surface area (Å²) in [5.74, 6) is 0.898. The molecule has 1 aromatic carbocycles. The van der Waals surface area contributed by atoms with Crippen LogP contribution in [0.3, 0.4) is 0 Å². The van der Waals surface area contributed by atoms with Crippen LogP contribution in [0, 0.1) is 5.92 Å². The van der Waals surface area contributed by atoms with E-state index < -0.39 is 0 Å². The van der Waals surface area contributed by atoms with Gasteiger partial charge < -0.3 is 0 Å². The van der Waals surface area contributed by atoms with Gasteiger partial charge in [0.15, 0.2) is 0 Å². The molecule has 1 aliphatic rings. The molecule has 14 heavy (non-hydrogen) atoms. The number of anilines is 1. The molecule has 0 unspecified atom stereocenters. The molecule has 0 spiro atoms. The summed E-state index contributed by atoms with van der Waals surface area (Å²) < 4.78 is 8.79. The van der Waals surface area contributed by atoms with Crippen molar-refractivity contribution in [2.24, 2.45) is 5.92 Å². The summed E-state index contributed by atoms with van der Waals surface area (Å²) in [6.45, 7) is 1.10.